The fourth-order valence-electron chi connectivity index (χ4n) is 5.98. The number of aliphatic hydroxyl groups excluding tert-OH is 1. The Morgan fingerprint density at radius 2 is 1.11 bits per heavy atom. The molecule has 312 valence electrons. The van der Waals surface area contributed by atoms with Crippen LogP contribution >= 0.6 is 0 Å². The predicted molar refractivity (Wildman–Crippen MR) is 207 cm³/mol. The van der Waals surface area contributed by atoms with Gasteiger partial charge in [-0.3, -0.25) is 4.18 Å². The van der Waals surface area contributed by atoms with Crippen LogP contribution in [0, 0.1) is 0 Å². The van der Waals surface area contributed by atoms with Gasteiger partial charge >= 0.3 is 24.4 Å². The minimum Gasteiger partial charge on any atom is -0.445 e. The van der Waals surface area contributed by atoms with Gasteiger partial charge in [-0.25, -0.2) is 19.2 Å². The highest BCUT2D eigenvalue weighted by molar-refractivity contribution is 7.86. The second-order valence-electron chi connectivity index (χ2n) is 15.5. The number of alkyl carbamates (subject to hydrolysis) is 2. The lowest BCUT2D eigenvalue weighted by Gasteiger charge is -2.30. The second kappa shape index (κ2) is 21.1. The fourth-order valence-corrected chi connectivity index (χ4v) is 6.65. The normalized spacial score (nSPS) is 19.6. The maximum Gasteiger partial charge on any atom is 0.410 e. The average Bonchev–Trinajstić information content (AvgIpc) is 3.67. The summed E-state index contributed by atoms with van der Waals surface area (Å²) in [5.74, 6) is 0. The average molecular weight is 807 g/mol. The number of carbonyl (C=O) groups is 4. The molecule has 56 heavy (non-hydrogen) atoms. The molecular weight excluding hydrogens is 749 g/mol. The first-order valence-corrected chi connectivity index (χ1v) is 20.5. The molecule has 0 aliphatic carbocycles. The summed E-state index contributed by atoms with van der Waals surface area (Å²) in [5, 5.41) is 15.4. The van der Waals surface area contributed by atoms with Gasteiger partial charge in [-0.2, -0.15) is 8.42 Å². The number of nitrogens with zero attached hydrogens (tertiary/aromatic N) is 2. The van der Waals surface area contributed by atoms with E-state index >= 15 is 0 Å². The van der Waals surface area contributed by atoms with Crippen LogP contribution in [0.4, 0.5) is 19.2 Å². The number of nitrogens with one attached hydrogen (secondary N) is 2. The molecule has 17 heteroatoms. The Balaban J connectivity index is 0.000000303. The van der Waals surface area contributed by atoms with E-state index in [1.165, 1.54) is 9.80 Å². The first-order chi connectivity index (χ1) is 26.2. The molecule has 0 aromatic heterocycles. The van der Waals surface area contributed by atoms with Crippen LogP contribution < -0.4 is 10.6 Å². The zero-order chi connectivity index (χ0) is 41.5. The third-order valence-electron chi connectivity index (χ3n) is 8.39. The Labute approximate surface area is 330 Å². The summed E-state index contributed by atoms with van der Waals surface area (Å²) in [5.41, 5.74) is 0.497. The van der Waals surface area contributed by atoms with E-state index in [0.29, 0.717) is 45.3 Å². The van der Waals surface area contributed by atoms with Gasteiger partial charge in [-0.1, -0.05) is 60.7 Å². The largest absolute Gasteiger partial charge is 0.445 e. The summed E-state index contributed by atoms with van der Waals surface area (Å²) in [6.45, 7) is 12.2. The predicted octanol–water partition coefficient (Wildman–Crippen LogP) is 5.33. The minimum atomic E-state index is -3.70. The first kappa shape index (κ1) is 45.8. The van der Waals surface area contributed by atoms with Gasteiger partial charge in [0.2, 0.25) is 0 Å². The summed E-state index contributed by atoms with van der Waals surface area (Å²) in [6.07, 6.45) is -0.868. The van der Waals surface area contributed by atoms with Crippen molar-refractivity contribution >= 4 is 34.5 Å². The molecule has 4 atom stereocenters. The summed E-state index contributed by atoms with van der Waals surface area (Å²) in [7, 11) is -3.70. The van der Waals surface area contributed by atoms with Crippen LogP contribution in [0.15, 0.2) is 60.7 Å². The Bertz CT molecular complexity index is 1670. The SMILES string of the molecule is CC(C)(C)OC(=O)N1CC[C@H](O)[C@H]1CCNC(=O)OCc1ccccc1.CC(C)(C)OC(=O)N1CC[C@H](OS(C)(=O)=O)[C@H]1CCNC(=O)OCc1ccccc1. The Hall–Kier alpha value is -4.61. The zero-order valence-corrected chi connectivity index (χ0v) is 34.2. The maximum atomic E-state index is 12.5. The number of carbonyl (C=O) groups excluding carboxylic acids is 4. The molecule has 0 spiro atoms. The van der Waals surface area contributed by atoms with Crippen LogP contribution in [-0.2, 0) is 46.5 Å². The van der Waals surface area contributed by atoms with Gasteiger partial charge in [0.05, 0.1) is 30.5 Å². The highest BCUT2D eigenvalue weighted by Crippen LogP contribution is 2.27. The van der Waals surface area contributed by atoms with Crippen molar-refractivity contribution < 1.29 is 55.8 Å². The molecule has 2 aliphatic rings. The van der Waals surface area contributed by atoms with E-state index in [1.807, 2.05) is 60.7 Å². The van der Waals surface area contributed by atoms with Gasteiger partial charge in [-0.15, -0.1) is 0 Å². The molecule has 2 aromatic carbocycles. The molecule has 0 bridgehead atoms. The van der Waals surface area contributed by atoms with Crippen molar-refractivity contribution in [1.29, 1.82) is 0 Å². The third-order valence-corrected chi connectivity index (χ3v) is 8.99. The van der Waals surface area contributed by atoms with Crippen molar-refractivity contribution in [3.63, 3.8) is 0 Å². The van der Waals surface area contributed by atoms with E-state index in [9.17, 15) is 32.7 Å². The van der Waals surface area contributed by atoms with E-state index in [1.54, 1.807) is 41.5 Å². The third kappa shape index (κ3) is 17.0. The van der Waals surface area contributed by atoms with Crippen LogP contribution in [0.2, 0.25) is 0 Å². The Morgan fingerprint density at radius 1 is 0.696 bits per heavy atom. The number of rotatable bonds is 12. The number of aliphatic hydroxyl groups is 1. The molecule has 0 saturated carbocycles. The molecule has 2 aliphatic heterocycles. The van der Waals surface area contributed by atoms with Gasteiger partial charge in [-0.05, 0) is 78.4 Å². The van der Waals surface area contributed by atoms with Gasteiger partial charge in [0, 0.05) is 26.2 Å². The molecule has 2 fully saturated rings. The van der Waals surface area contributed by atoms with E-state index < -0.39 is 63.9 Å². The number of amides is 4. The Kier molecular flexibility index (Phi) is 17.2. The fraction of sp³-hybridized carbons (Fsp3) is 0.590. The first-order valence-electron chi connectivity index (χ1n) is 18.7. The van der Waals surface area contributed by atoms with Crippen molar-refractivity contribution in [3.8, 4) is 0 Å². The van der Waals surface area contributed by atoms with Gasteiger partial charge in [0.15, 0.2) is 0 Å². The molecule has 2 heterocycles. The number of hydrogen-bond acceptors (Lipinski definition) is 12. The molecule has 0 unspecified atom stereocenters. The maximum absolute atomic E-state index is 12.5. The van der Waals surface area contributed by atoms with Crippen LogP contribution in [0.5, 0.6) is 0 Å². The molecular formula is C39H58N4O12S. The topological polar surface area (TPSA) is 199 Å². The zero-order valence-electron chi connectivity index (χ0n) is 33.4. The summed E-state index contributed by atoms with van der Waals surface area (Å²) in [6, 6.07) is 17.7. The number of benzene rings is 2. The molecule has 4 amide bonds. The smallest absolute Gasteiger partial charge is 0.410 e. The van der Waals surface area contributed by atoms with E-state index in [-0.39, 0.29) is 25.8 Å². The monoisotopic (exact) mass is 806 g/mol. The number of ether oxygens (including phenoxy) is 4. The van der Waals surface area contributed by atoms with Crippen LogP contribution in [0.25, 0.3) is 0 Å². The van der Waals surface area contributed by atoms with Gasteiger partial charge in [0.1, 0.15) is 24.4 Å². The number of hydrogen-bond donors (Lipinski definition) is 3. The van der Waals surface area contributed by atoms with Gasteiger partial charge in [0.25, 0.3) is 10.1 Å². The van der Waals surface area contributed by atoms with Crippen LogP contribution in [0.3, 0.4) is 0 Å². The van der Waals surface area contributed by atoms with E-state index in [0.717, 1.165) is 17.4 Å². The van der Waals surface area contributed by atoms with E-state index in [4.69, 9.17) is 23.1 Å². The summed E-state index contributed by atoms with van der Waals surface area (Å²) >= 11 is 0. The van der Waals surface area contributed by atoms with Crippen molar-refractivity contribution in [1.82, 2.24) is 20.4 Å². The minimum absolute atomic E-state index is 0.139. The lowest BCUT2D eigenvalue weighted by atomic mass is 10.1. The van der Waals surface area contributed by atoms with Crippen molar-refractivity contribution in [3.05, 3.63) is 71.8 Å². The number of likely N-dealkylation sites (tertiary alicyclic amines) is 2. The van der Waals surface area contributed by atoms with Crippen molar-refractivity contribution in [2.24, 2.45) is 0 Å². The van der Waals surface area contributed by atoms with E-state index in [2.05, 4.69) is 10.6 Å². The quantitative estimate of drug-likeness (QED) is 0.184. The molecule has 2 aromatic rings. The lowest BCUT2D eigenvalue weighted by Crippen LogP contribution is -2.45. The van der Waals surface area contributed by atoms with Crippen molar-refractivity contribution in [2.45, 2.75) is 116 Å². The van der Waals surface area contributed by atoms with Crippen LogP contribution in [-0.4, -0.2) is 116 Å². The molecule has 0 radical (unpaired) electrons. The summed E-state index contributed by atoms with van der Waals surface area (Å²) < 4.78 is 49.4. The van der Waals surface area contributed by atoms with Crippen LogP contribution in [0.1, 0.15) is 78.4 Å². The molecule has 16 nitrogen and oxygen atoms in total. The molecule has 3 N–H and O–H groups in total. The Morgan fingerprint density at radius 3 is 1.54 bits per heavy atom. The standard InChI is InChI=1S/C20H30N2O7S.C19H28N2O5/c1-20(2,3)28-19(24)22-13-11-17(29-30(4,25)26)16(22)10-12-21-18(23)27-14-15-8-6-5-7-9-15;1-19(2,3)26-18(24)21-12-10-16(22)15(21)9-11-20-17(23)25-13-14-7-5-4-6-8-14/h5-9,16-17H,10-14H2,1-4H3,(H,21,23);4-8,15-16,22H,9-13H2,1-3H3,(H,20,23)/t16-,17+;15-,16+/m11/s1. The summed E-state index contributed by atoms with van der Waals surface area (Å²) in [4.78, 5) is 51.5. The van der Waals surface area contributed by atoms with Crippen molar-refractivity contribution in [2.75, 3.05) is 32.4 Å². The lowest BCUT2D eigenvalue weighted by molar-refractivity contribution is 0.0143. The second-order valence-corrected chi connectivity index (χ2v) is 17.1. The molecule has 4 rings (SSSR count). The molecule has 2 saturated heterocycles. The highest BCUT2D eigenvalue weighted by Gasteiger charge is 2.41. The van der Waals surface area contributed by atoms with Gasteiger partial charge < -0.3 is 44.5 Å². The highest BCUT2D eigenvalue weighted by atomic mass is 32.2.